The molecule has 8 nitrogen and oxygen atoms in total. The molecule has 1 aliphatic heterocycles. The number of carbonyl (C=O) groups excluding carboxylic acids is 1. The summed E-state index contributed by atoms with van der Waals surface area (Å²) in [6, 6.07) is 15.3. The molecule has 2 fully saturated rings. The number of hydrogen-bond acceptors (Lipinski definition) is 7. The number of carbonyl (C=O) groups is 1. The predicted molar refractivity (Wildman–Crippen MR) is 170 cm³/mol. The Bertz CT molecular complexity index is 1840. The Hall–Kier alpha value is -4.77. The average molecular weight is 630 g/mol. The molecule has 1 aromatic heterocycles. The maximum Gasteiger partial charge on any atom is 0.272 e. The SMILES string of the molecule is Cc1cc(Oc2ccccc2F)ccc1-n1ncc(C(=O)C2=Cc3cc(OCC(F)F)c(N4CC5CC(N)C[C@H]5C4)cc3C2)c1N. The van der Waals surface area contributed by atoms with Gasteiger partial charge in [0, 0.05) is 31.1 Å². The summed E-state index contributed by atoms with van der Waals surface area (Å²) in [7, 11) is 0. The molecule has 0 radical (unpaired) electrons. The van der Waals surface area contributed by atoms with Crippen molar-refractivity contribution in [2.45, 2.75) is 38.7 Å². The van der Waals surface area contributed by atoms with Crippen molar-refractivity contribution in [3.8, 4) is 22.9 Å². The van der Waals surface area contributed by atoms with Crippen LogP contribution in [0.15, 0.2) is 66.4 Å². The second kappa shape index (κ2) is 11.9. The van der Waals surface area contributed by atoms with Gasteiger partial charge in [-0.3, -0.25) is 4.79 Å². The number of ether oxygens (including phenoxy) is 2. The van der Waals surface area contributed by atoms with Crippen LogP contribution in [0.3, 0.4) is 0 Å². The average Bonchev–Trinajstić information content (AvgIpc) is 3.79. The van der Waals surface area contributed by atoms with Crippen molar-refractivity contribution in [3.63, 3.8) is 0 Å². The van der Waals surface area contributed by atoms with Crippen LogP contribution in [0.5, 0.6) is 17.2 Å². The standard InChI is InChI=1S/C35H34F3N5O3/c1-19-8-26(46-31-5-3-2-4-28(31)36)6-7-29(19)43-35(40)27(15-41-43)34(44)22-9-20-13-30(32(14-21(20)10-22)45-18-33(37)38)42-16-23-11-25(39)12-24(23)17-42/h2-8,10,13-15,23-25,33H,9,11-12,16-18,39-40H2,1H3/t23-,24?,25?/m0/s1. The number of Topliss-reactive ketones (excluding diaryl/α,β-unsaturated/α-hetero) is 1. The van der Waals surface area contributed by atoms with Crippen molar-refractivity contribution in [1.82, 2.24) is 9.78 Å². The van der Waals surface area contributed by atoms with E-state index in [4.69, 9.17) is 20.9 Å². The highest BCUT2D eigenvalue weighted by atomic mass is 19.3. The summed E-state index contributed by atoms with van der Waals surface area (Å²) in [5, 5.41) is 4.41. The molecule has 238 valence electrons. The molecule has 0 amide bonds. The first-order valence-corrected chi connectivity index (χ1v) is 15.3. The van der Waals surface area contributed by atoms with Crippen LogP contribution in [-0.2, 0) is 6.42 Å². The van der Waals surface area contributed by atoms with Crippen LogP contribution in [0.1, 0.15) is 39.9 Å². The number of aromatic nitrogens is 2. The Morgan fingerprint density at radius 1 is 1.04 bits per heavy atom. The van der Waals surface area contributed by atoms with Crippen LogP contribution in [0, 0.1) is 24.6 Å². The first kappa shape index (κ1) is 29.9. The van der Waals surface area contributed by atoms with Gasteiger partial charge in [-0.05, 0) is 96.8 Å². The van der Waals surface area contributed by atoms with Crippen LogP contribution < -0.4 is 25.8 Å². The maximum atomic E-state index is 14.1. The number of anilines is 2. The molecule has 2 heterocycles. The van der Waals surface area contributed by atoms with E-state index in [1.807, 2.05) is 13.0 Å². The number of fused-ring (bicyclic) bond motifs is 2. The van der Waals surface area contributed by atoms with E-state index in [0.717, 1.165) is 48.3 Å². The van der Waals surface area contributed by atoms with Crippen LogP contribution in [0.4, 0.5) is 24.7 Å². The van der Waals surface area contributed by atoms with E-state index in [2.05, 4.69) is 10.00 Å². The highest BCUT2D eigenvalue weighted by Crippen LogP contribution is 2.44. The number of hydrogen-bond donors (Lipinski definition) is 2. The Kier molecular flexibility index (Phi) is 7.72. The molecule has 0 spiro atoms. The van der Waals surface area contributed by atoms with Crippen molar-refractivity contribution >= 4 is 23.4 Å². The molecule has 3 aliphatic rings. The third-order valence-corrected chi connectivity index (χ3v) is 9.23. The zero-order valence-corrected chi connectivity index (χ0v) is 25.3. The molecule has 7 rings (SSSR count). The number of rotatable bonds is 9. The Balaban J connectivity index is 1.11. The third kappa shape index (κ3) is 5.60. The Morgan fingerprint density at radius 2 is 1.80 bits per heavy atom. The summed E-state index contributed by atoms with van der Waals surface area (Å²) in [6.07, 6.45) is 2.89. The topological polar surface area (TPSA) is 109 Å². The second-order valence-corrected chi connectivity index (χ2v) is 12.4. The minimum absolute atomic E-state index is 0.111. The van der Waals surface area contributed by atoms with E-state index >= 15 is 0 Å². The smallest absolute Gasteiger partial charge is 0.272 e. The van der Waals surface area contributed by atoms with Crippen molar-refractivity contribution in [3.05, 3.63) is 94.4 Å². The molecular formula is C35H34F3N5O3. The van der Waals surface area contributed by atoms with Gasteiger partial charge in [0.05, 0.1) is 23.1 Å². The van der Waals surface area contributed by atoms with E-state index in [0.29, 0.717) is 41.0 Å². The van der Waals surface area contributed by atoms with Crippen LogP contribution >= 0.6 is 0 Å². The Morgan fingerprint density at radius 3 is 2.52 bits per heavy atom. The number of para-hydroxylation sites is 1. The lowest BCUT2D eigenvalue weighted by Gasteiger charge is -2.24. The van der Waals surface area contributed by atoms with E-state index in [1.165, 1.54) is 16.9 Å². The number of halogens is 3. The molecule has 0 bridgehead atoms. The van der Waals surface area contributed by atoms with Gasteiger partial charge in [-0.1, -0.05) is 12.1 Å². The summed E-state index contributed by atoms with van der Waals surface area (Å²) in [6.45, 7) is 2.73. The van der Waals surface area contributed by atoms with E-state index in [-0.39, 0.29) is 29.0 Å². The molecule has 2 aliphatic carbocycles. The third-order valence-electron chi connectivity index (χ3n) is 9.23. The fraction of sp³-hybridized carbons (Fsp3) is 0.314. The van der Waals surface area contributed by atoms with Gasteiger partial charge in [0.15, 0.2) is 17.3 Å². The fourth-order valence-electron chi connectivity index (χ4n) is 7.04. The molecule has 4 N–H and O–H groups in total. The highest BCUT2D eigenvalue weighted by Gasteiger charge is 2.40. The van der Waals surface area contributed by atoms with E-state index < -0.39 is 18.8 Å². The van der Waals surface area contributed by atoms with E-state index in [1.54, 1.807) is 48.5 Å². The first-order chi connectivity index (χ1) is 22.1. The Labute approximate surface area is 264 Å². The van der Waals surface area contributed by atoms with Gasteiger partial charge in [-0.15, -0.1) is 0 Å². The minimum atomic E-state index is -2.61. The minimum Gasteiger partial charge on any atom is -0.485 e. The lowest BCUT2D eigenvalue weighted by atomic mass is 10.0. The van der Waals surface area contributed by atoms with Crippen LogP contribution in [-0.4, -0.2) is 47.7 Å². The van der Waals surface area contributed by atoms with Gasteiger partial charge in [0.2, 0.25) is 0 Å². The van der Waals surface area contributed by atoms with Crippen molar-refractivity contribution in [2.75, 3.05) is 30.3 Å². The summed E-state index contributed by atoms with van der Waals surface area (Å²) in [4.78, 5) is 16.0. The molecular weight excluding hydrogens is 595 g/mol. The summed E-state index contributed by atoms with van der Waals surface area (Å²) in [5.74, 6) is 1.33. The number of allylic oxidation sites excluding steroid dienone is 1. The fourth-order valence-corrected chi connectivity index (χ4v) is 7.04. The number of aryl methyl sites for hydroxylation is 1. The zero-order valence-electron chi connectivity index (χ0n) is 25.3. The molecule has 2 unspecified atom stereocenters. The lowest BCUT2D eigenvalue weighted by molar-refractivity contribution is 0.0821. The predicted octanol–water partition coefficient (Wildman–Crippen LogP) is 6.33. The van der Waals surface area contributed by atoms with Crippen LogP contribution in [0.2, 0.25) is 0 Å². The van der Waals surface area contributed by atoms with Gasteiger partial charge in [0.1, 0.15) is 23.9 Å². The molecule has 11 heteroatoms. The summed E-state index contributed by atoms with van der Waals surface area (Å²) < 4.78 is 53.2. The van der Waals surface area contributed by atoms with Gasteiger partial charge >= 0.3 is 0 Å². The molecule has 1 saturated carbocycles. The van der Waals surface area contributed by atoms with Gasteiger partial charge < -0.3 is 25.8 Å². The number of alkyl halides is 2. The summed E-state index contributed by atoms with van der Waals surface area (Å²) >= 11 is 0. The van der Waals surface area contributed by atoms with Gasteiger partial charge in [-0.2, -0.15) is 5.10 Å². The first-order valence-electron chi connectivity index (χ1n) is 15.3. The monoisotopic (exact) mass is 629 g/mol. The van der Waals surface area contributed by atoms with Crippen molar-refractivity contribution in [1.29, 1.82) is 0 Å². The van der Waals surface area contributed by atoms with Crippen LogP contribution in [0.25, 0.3) is 11.8 Å². The van der Waals surface area contributed by atoms with Gasteiger partial charge in [0.25, 0.3) is 6.43 Å². The summed E-state index contributed by atoms with van der Waals surface area (Å²) in [5.41, 5.74) is 17.3. The van der Waals surface area contributed by atoms with Crippen molar-refractivity contribution in [2.24, 2.45) is 17.6 Å². The second-order valence-electron chi connectivity index (χ2n) is 12.4. The molecule has 3 atom stereocenters. The number of nitrogens with zero attached hydrogens (tertiary/aromatic N) is 3. The lowest BCUT2D eigenvalue weighted by Crippen LogP contribution is -2.26. The van der Waals surface area contributed by atoms with Crippen molar-refractivity contribution < 1.29 is 27.4 Å². The normalized spacial score (nSPS) is 20.2. The number of ketones is 1. The number of nitrogens with two attached hydrogens (primary N) is 2. The van der Waals surface area contributed by atoms with Gasteiger partial charge in [-0.25, -0.2) is 17.9 Å². The quantitative estimate of drug-likeness (QED) is 0.208. The largest absolute Gasteiger partial charge is 0.485 e. The highest BCUT2D eigenvalue weighted by molar-refractivity contribution is 6.15. The number of benzene rings is 3. The molecule has 1 saturated heterocycles. The molecule has 46 heavy (non-hydrogen) atoms. The molecule has 3 aromatic carbocycles. The maximum absolute atomic E-state index is 14.1. The van der Waals surface area contributed by atoms with E-state index in [9.17, 15) is 18.0 Å². The number of nitrogen functional groups attached to an aromatic ring is 1. The molecule has 4 aromatic rings. The zero-order chi connectivity index (χ0) is 32.1.